The predicted octanol–water partition coefficient (Wildman–Crippen LogP) is 2.30. The van der Waals surface area contributed by atoms with Gasteiger partial charge in [0.25, 0.3) is 5.91 Å². The highest BCUT2D eigenvalue weighted by molar-refractivity contribution is 7.13. The van der Waals surface area contributed by atoms with Crippen LogP contribution in [0, 0.1) is 13.8 Å². The largest absolute Gasteiger partial charge is 0.306 e. The Morgan fingerprint density at radius 1 is 1.53 bits per heavy atom. The second-order valence-corrected chi connectivity index (χ2v) is 4.93. The first-order valence-electron chi connectivity index (χ1n) is 5.39. The second-order valence-electron chi connectivity index (χ2n) is 3.73. The van der Waals surface area contributed by atoms with E-state index >= 15 is 0 Å². The lowest BCUT2D eigenvalue weighted by atomic mass is 10.2. The molecule has 2 aromatic heterocycles. The highest BCUT2D eigenvalue weighted by atomic mass is 32.1. The molecule has 2 rings (SSSR count). The molecule has 0 aliphatic rings. The summed E-state index contributed by atoms with van der Waals surface area (Å²) < 4.78 is 0. The quantitative estimate of drug-likeness (QED) is 0.878. The van der Waals surface area contributed by atoms with Gasteiger partial charge in [-0.15, -0.1) is 11.3 Å². The molecule has 6 heteroatoms. The van der Waals surface area contributed by atoms with Gasteiger partial charge in [-0.3, -0.25) is 9.89 Å². The molecule has 1 amide bonds. The van der Waals surface area contributed by atoms with Gasteiger partial charge in [0.2, 0.25) is 0 Å². The SMILES string of the molecule is CCc1cn[nH]c1NC(=O)c1sc(C)nc1C. The van der Waals surface area contributed by atoms with Crippen LogP contribution in [0.3, 0.4) is 0 Å². The Morgan fingerprint density at radius 2 is 2.29 bits per heavy atom. The van der Waals surface area contributed by atoms with E-state index < -0.39 is 0 Å². The Balaban J connectivity index is 2.20. The fourth-order valence-electron chi connectivity index (χ4n) is 1.60. The predicted molar refractivity (Wildman–Crippen MR) is 67.5 cm³/mol. The summed E-state index contributed by atoms with van der Waals surface area (Å²) in [7, 11) is 0. The number of rotatable bonds is 3. The van der Waals surface area contributed by atoms with Gasteiger partial charge >= 0.3 is 0 Å². The van der Waals surface area contributed by atoms with E-state index in [1.165, 1.54) is 11.3 Å². The highest BCUT2D eigenvalue weighted by Gasteiger charge is 2.15. The summed E-state index contributed by atoms with van der Waals surface area (Å²) in [5, 5.41) is 10.4. The van der Waals surface area contributed by atoms with Crippen LogP contribution in [0.25, 0.3) is 0 Å². The minimum atomic E-state index is -0.132. The molecule has 2 aromatic rings. The first kappa shape index (κ1) is 11.8. The molecule has 0 saturated heterocycles. The van der Waals surface area contributed by atoms with Crippen LogP contribution in [0.5, 0.6) is 0 Å². The molecule has 0 fully saturated rings. The summed E-state index contributed by atoms with van der Waals surface area (Å²) in [6, 6.07) is 0. The molecular formula is C11H14N4OS. The van der Waals surface area contributed by atoms with Gasteiger partial charge in [-0.2, -0.15) is 5.10 Å². The van der Waals surface area contributed by atoms with Crippen molar-refractivity contribution in [1.82, 2.24) is 15.2 Å². The fraction of sp³-hybridized carbons (Fsp3) is 0.364. The van der Waals surface area contributed by atoms with E-state index in [-0.39, 0.29) is 5.91 Å². The number of nitrogens with one attached hydrogen (secondary N) is 2. The van der Waals surface area contributed by atoms with E-state index in [2.05, 4.69) is 20.5 Å². The van der Waals surface area contributed by atoms with Gasteiger partial charge in [0.05, 0.1) is 16.9 Å². The first-order valence-corrected chi connectivity index (χ1v) is 6.21. The van der Waals surface area contributed by atoms with Gasteiger partial charge in [-0.1, -0.05) is 6.92 Å². The number of hydrogen-bond donors (Lipinski definition) is 2. The number of nitrogens with zero attached hydrogens (tertiary/aromatic N) is 2. The van der Waals surface area contributed by atoms with Crippen LogP contribution >= 0.6 is 11.3 Å². The normalized spacial score (nSPS) is 10.5. The van der Waals surface area contributed by atoms with E-state index in [1.54, 1.807) is 6.20 Å². The summed E-state index contributed by atoms with van der Waals surface area (Å²) in [5.74, 6) is 0.537. The highest BCUT2D eigenvalue weighted by Crippen LogP contribution is 2.19. The zero-order chi connectivity index (χ0) is 12.4. The number of carbonyl (C=O) groups excluding carboxylic acids is 1. The molecule has 0 unspecified atom stereocenters. The van der Waals surface area contributed by atoms with Crippen molar-refractivity contribution in [3.05, 3.63) is 27.3 Å². The molecule has 0 bridgehead atoms. The van der Waals surface area contributed by atoms with Gasteiger partial charge < -0.3 is 5.32 Å². The first-order chi connectivity index (χ1) is 8.11. The van der Waals surface area contributed by atoms with Gasteiger partial charge in [0.1, 0.15) is 10.7 Å². The molecule has 90 valence electrons. The Hall–Kier alpha value is -1.69. The molecule has 17 heavy (non-hydrogen) atoms. The third-order valence-electron chi connectivity index (χ3n) is 2.45. The summed E-state index contributed by atoms with van der Waals surface area (Å²) >= 11 is 1.40. The van der Waals surface area contributed by atoms with Crippen molar-refractivity contribution >= 4 is 23.1 Å². The van der Waals surface area contributed by atoms with Crippen LogP contribution in [-0.2, 0) is 6.42 Å². The molecule has 2 N–H and O–H groups in total. The van der Waals surface area contributed by atoms with Crippen LogP contribution in [-0.4, -0.2) is 21.1 Å². The maximum absolute atomic E-state index is 12.0. The maximum atomic E-state index is 12.0. The summed E-state index contributed by atoms with van der Waals surface area (Å²) in [6.45, 7) is 5.75. The second kappa shape index (κ2) is 4.67. The zero-order valence-corrected chi connectivity index (χ0v) is 10.8. The number of aryl methyl sites for hydroxylation is 3. The average Bonchev–Trinajstić information content (AvgIpc) is 2.84. The number of amides is 1. The Bertz CT molecular complexity index is 543. The van der Waals surface area contributed by atoms with Gasteiger partial charge in [0.15, 0.2) is 0 Å². The Kier molecular flexibility index (Phi) is 3.23. The monoisotopic (exact) mass is 250 g/mol. The topological polar surface area (TPSA) is 70.7 Å². The van der Waals surface area contributed by atoms with Crippen LogP contribution < -0.4 is 5.32 Å². The Labute approximate surface area is 103 Å². The molecule has 0 atom stereocenters. The number of aromatic amines is 1. The van der Waals surface area contributed by atoms with Crippen LogP contribution in [0.1, 0.15) is 32.9 Å². The maximum Gasteiger partial charge on any atom is 0.268 e. The number of H-pyrrole nitrogens is 1. The standard InChI is InChI=1S/C11H14N4OS/c1-4-8-5-12-15-10(8)14-11(16)9-6(2)13-7(3)17-9/h5H,4H2,1-3H3,(H2,12,14,15,16). The third kappa shape index (κ3) is 2.36. The molecule has 0 saturated carbocycles. The number of thiazole rings is 1. The van der Waals surface area contributed by atoms with E-state index in [4.69, 9.17) is 0 Å². The van der Waals surface area contributed by atoms with E-state index in [0.717, 1.165) is 22.7 Å². The lowest BCUT2D eigenvalue weighted by molar-refractivity contribution is 0.102. The van der Waals surface area contributed by atoms with Gasteiger partial charge in [-0.05, 0) is 20.3 Å². The van der Waals surface area contributed by atoms with Crippen molar-refractivity contribution < 1.29 is 4.79 Å². The van der Waals surface area contributed by atoms with E-state index in [0.29, 0.717) is 10.7 Å². The molecule has 0 radical (unpaired) electrons. The van der Waals surface area contributed by atoms with Crippen molar-refractivity contribution in [2.24, 2.45) is 0 Å². The fourth-order valence-corrected chi connectivity index (χ4v) is 2.41. The van der Waals surface area contributed by atoms with Crippen molar-refractivity contribution in [1.29, 1.82) is 0 Å². The third-order valence-corrected chi connectivity index (χ3v) is 3.52. The van der Waals surface area contributed by atoms with E-state index in [9.17, 15) is 4.79 Å². The molecule has 0 aliphatic carbocycles. The van der Waals surface area contributed by atoms with Crippen LogP contribution in [0.4, 0.5) is 5.82 Å². The van der Waals surface area contributed by atoms with Crippen molar-refractivity contribution in [3.63, 3.8) is 0 Å². The lowest BCUT2D eigenvalue weighted by Gasteiger charge is -2.03. The minimum absolute atomic E-state index is 0.132. The van der Waals surface area contributed by atoms with E-state index in [1.807, 2.05) is 20.8 Å². The van der Waals surface area contributed by atoms with Gasteiger partial charge in [0, 0.05) is 5.56 Å². The smallest absolute Gasteiger partial charge is 0.268 e. The summed E-state index contributed by atoms with van der Waals surface area (Å²) in [4.78, 5) is 16.9. The molecule has 0 aliphatic heterocycles. The van der Waals surface area contributed by atoms with Gasteiger partial charge in [-0.25, -0.2) is 4.98 Å². The van der Waals surface area contributed by atoms with Crippen molar-refractivity contribution in [3.8, 4) is 0 Å². The molecule has 0 spiro atoms. The number of anilines is 1. The molecule has 0 aromatic carbocycles. The zero-order valence-electron chi connectivity index (χ0n) is 10.00. The van der Waals surface area contributed by atoms with Crippen LogP contribution in [0.2, 0.25) is 0 Å². The Morgan fingerprint density at radius 3 is 2.88 bits per heavy atom. The molecule has 2 heterocycles. The summed E-state index contributed by atoms with van der Waals surface area (Å²) in [6.07, 6.45) is 2.55. The number of carbonyl (C=O) groups is 1. The molecule has 5 nitrogen and oxygen atoms in total. The average molecular weight is 250 g/mol. The lowest BCUT2D eigenvalue weighted by Crippen LogP contribution is -2.13. The number of aromatic nitrogens is 3. The number of hydrogen-bond acceptors (Lipinski definition) is 4. The van der Waals surface area contributed by atoms with Crippen LogP contribution in [0.15, 0.2) is 6.20 Å². The van der Waals surface area contributed by atoms with Crippen molar-refractivity contribution in [2.45, 2.75) is 27.2 Å². The minimum Gasteiger partial charge on any atom is -0.306 e. The molecular weight excluding hydrogens is 236 g/mol. The summed E-state index contributed by atoms with van der Waals surface area (Å²) in [5.41, 5.74) is 1.76. The van der Waals surface area contributed by atoms with Crippen molar-refractivity contribution in [2.75, 3.05) is 5.32 Å².